The van der Waals surface area contributed by atoms with Crippen molar-refractivity contribution in [3.05, 3.63) is 41.6 Å². The normalized spacial score (nSPS) is 12.7. The molecule has 0 amide bonds. The van der Waals surface area contributed by atoms with Gasteiger partial charge in [-0.1, -0.05) is 30.3 Å². The zero-order valence-corrected chi connectivity index (χ0v) is 9.70. The van der Waals surface area contributed by atoms with Crippen molar-refractivity contribution in [1.82, 2.24) is 10.2 Å². The lowest BCUT2D eigenvalue weighted by Gasteiger charge is -2.03. The summed E-state index contributed by atoms with van der Waals surface area (Å²) in [4.78, 5) is 0. The largest absolute Gasteiger partial charge is 0.328 e. The standard InChI is InChI=1S/C13H17N3/c1-9(14)8-12-10(2)13(16-15-12)11-6-4-3-5-7-11/h3-7,9H,8,14H2,1-2H3,(H,15,16). The first-order valence-corrected chi connectivity index (χ1v) is 5.53. The molecule has 3 N–H and O–H groups in total. The fourth-order valence-electron chi connectivity index (χ4n) is 1.83. The summed E-state index contributed by atoms with van der Waals surface area (Å²) < 4.78 is 0. The van der Waals surface area contributed by atoms with Crippen LogP contribution in [-0.4, -0.2) is 16.2 Å². The summed E-state index contributed by atoms with van der Waals surface area (Å²) in [5.41, 5.74) is 10.3. The SMILES string of the molecule is Cc1c(-c2ccccc2)n[nH]c1CC(C)N. The fourth-order valence-corrected chi connectivity index (χ4v) is 1.83. The van der Waals surface area contributed by atoms with Crippen molar-refractivity contribution in [2.75, 3.05) is 0 Å². The summed E-state index contributed by atoms with van der Waals surface area (Å²) in [6.45, 7) is 4.09. The highest BCUT2D eigenvalue weighted by Crippen LogP contribution is 2.23. The molecule has 2 aromatic rings. The fraction of sp³-hybridized carbons (Fsp3) is 0.308. The first-order valence-electron chi connectivity index (χ1n) is 5.53. The number of aromatic amines is 1. The minimum atomic E-state index is 0.155. The van der Waals surface area contributed by atoms with Gasteiger partial charge in [-0.15, -0.1) is 0 Å². The summed E-state index contributed by atoms with van der Waals surface area (Å²) in [6.07, 6.45) is 0.839. The van der Waals surface area contributed by atoms with Gasteiger partial charge in [0.15, 0.2) is 0 Å². The van der Waals surface area contributed by atoms with Crippen LogP contribution in [0.5, 0.6) is 0 Å². The third-order valence-corrected chi connectivity index (χ3v) is 2.68. The predicted molar refractivity (Wildman–Crippen MR) is 66.1 cm³/mol. The molecule has 3 nitrogen and oxygen atoms in total. The first kappa shape index (κ1) is 10.9. The molecule has 3 heteroatoms. The summed E-state index contributed by atoms with van der Waals surface area (Å²) in [5, 5.41) is 7.43. The molecule has 0 spiro atoms. The third-order valence-electron chi connectivity index (χ3n) is 2.68. The monoisotopic (exact) mass is 215 g/mol. The maximum absolute atomic E-state index is 5.79. The number of nitrogens with one attached hydrogen (secondary N) is 1. The van der Waals surface area contributed by atoms with E-state index < -0.39 is 0 Å². The van der Waals surface area contributed by atoms with Gasteiger partial charge in [-0.25, -0.2) is 0 Å². The predicted octanol–water partition coefficient (Wildman–Crippen LogP) is 2.27. The van der Waals surface area contributed by atoms with Crippen LogP contribution in [0.25, 0.3) is 11.3 Å². The van der Waals surface area contributed by atoms with Crippen LogP contribution in [-0.2, 0) is 6.42 Å². The number of nitrogens with two attached hydrogens (primary N) is 1. The van der Waals surface area contributed by atoms with Crippen molar-refractivity contribution >= 4 is 0 Å². The number of H-pyrrole nitrogens is 1. The highest BCUT2D eigenvalue weighted by atomic mass is 15.1. The van der Waals surface area contributed by atoms with Crippen LogP contribution in [0.3, 0.4) is 0 Å². The molecule has 0 aliphatic carbocycles. The molecule has 0 radical (unpaired) electrons. The van der Waals surface area contributed by atoms with E-state index in [0.29, 0.717) is 0 Å². The number of rotatable bonds is 3. The first-order chi connectivity index (χ1) is 7.68. The van der Waals surface area contributed by atoms with Gasteiger partial charge in [0.1, 0.15) is 0 Å². The third kappa shape index (κ3) is 2.14. The molecular weight excluding hydrogens is 198 g/mol. The number of aromatic nitrogens is 2. The molecule has 0 saturated heterocycles. The molecular formula is C13H17N3. The Hall–Kier alpha value is -1.61. The molecule has 1 heterocycles. The lowest BCUT2D eigenvalue weighted by Crippen LogP contribution is -2.18. The highest BCUT2D eigenvalue weighted by Gasteiger charge is 2.11. The van der Waals surface area contributed by atoms with E-state index in [0.717, 1.165) is 23.4 Å². The van der Waals surface area contributed by atoms with Crippen molar-refractivity contribution in [3.8, 4) is 11.3 Å². The van der Waals surface area contributed by atoms with Crippen LogP contribution in [0.2, 0.25) is 0 Å². The molecule has 0 aliphatic rings. The van der Waals surface area contributed by atoms with Crippen LogP contribution in [0, 0.1) is 6.92 Å². The summed E-state index contributed by atoms with van der Waals surface area (Å²) in [5.74, 6) is 0. The minimum Gasteiger partial charge on any atom is -0.328 e. The summed E-state index contributed by atoms with van der Waals surface area (Å²) in [7, 11) is 0. The number of benzene rings is 1. The Labute approximate surface area is 95.7 Å². The Kier molecular flexibility index (Phi) is 3.06. The molecule has 1 unspecified atom stereocenters. The topological polar surface area (TPSA) is 54.7 Å². The van der Waals surface area contributed by atoms with E-state index in [1.54, 1.807) is 0 Å². The smallest absolute Gasteiger partial charge is 0.0952 e. The molecule has 2 rings (SSSR count). The Morgan fingerprint density at radius 1 is 1.31 bits per heavy atom. The Bertz CT molecular complexity index is 457. The second-order valence-electron chi connectivity index (χ2n) is 4.22. The molecule has 0 saturated carbocycles. The highest BCUT2D eigenvalue weighted by molar-refractivity contribution is 5.63. The quantitative estimate of drug-likeness (QED) is 0.825. The van der Waals surface area contributed by atoms with Crippen LogP contribution in [0.15, 0.2) is 30.3 Å². The molecule has 0 bridgehead atoms. The molecule has 1 atom stereocenters. The van der Waals surface area contributed by atoms with E-state index >= 15 is 0 Å². The van der Waals surface area contributed by atoms with Gasteiger partial charge >= 0.3 is 0 Å². The van der Waals surface area contributed by atoms with Gasteiger partial charge in [0, 0.05) is 23.7 Å². The Morgan fingerprint density at radius 2 is 2.00 bits per heavy atom. The zero-order chi connectivity index (χ0) is 11.5. The molecule has 84 valence electrons. The van der Waals surface area contributed by atoms with Crippen molar-refractivity contribution in [2.45, 2.75) is 26.3 Å². The molecule has 16 heavy (non-hydrogen) atoms. The second kappa shape index (κ2) is 4.49. The molecule has 0 fully saturated rings. The van der Waals surface area contributed by atoms with Crippen LogP contribution in [0.4, 0.5) is 0 Å². The zero-order valence-electron chi connectivity index (χ0n) is 9.70. The van der Waals surface area contributed by atoms with Gasteiger partial charge in [-0.2, -0.15) is 5.10 Å². The summed E-state index contributed by atoms with van der Waals surface area (Å²) in [6, 6.07) is 10.3. The number of hydrogen-bond donors (Lipinski definition) is 2. The Morgan fingerprint density at radius 3 is 2.62 bits per heavy atom. The van der Waals surface area contributed by atoms with Crippen molar-refractivity contribution in [2.24, 2.45) is 5.73 Å². The lowest BCUT2D eigenvalue weighted by molar-refractivity contribution is 0.716. The number of nitrogens with zero attached hydrogens (tertiary/aromatic N) is 1. The Balaban J connectivity index is 2.34. The second-order valence-corrected chi connectivity index (χ2v) is 4.22. The average Bonchev–Trinajstić information content (AvgIpc) is 2.61. The van der Waals surface area contributed by atoms with Crippen LogP contribution < -0.4 is 5.73 Å². The average molecular weight is 215 g/mol. The maximum atomic E-state index is 5.79. The lowest BCUT2D eigenvalue weighted by atomic mass is 10.0. The van der Waals surface area contributed by atoms with Crippen molar-refractivity contribution in [3.63, 3.8) is 0 Å². The van der Waals surface area contributed by atoms with E-state index in [4.69, 9.17) is 5.73 Å². The van der Waals surface area contributed by atoms with Gasteiger partial charge in [0.2, 0.25) is 0 Å². The van der Waals surface area contributed by atoms with E-state index in [1.165, 1.54) is 5.56 Å². The molecule has 1 aromatic heterocycles. The van der Waals surface area contributed by atoms with E-state index in [9.17, 15) is 0 Å². The minimum absolute atomic E-state index is 0.155. The molecule has 0 aliphatic heterocycles. The van der Waals surface area contributed by atoms with Gasteiger partial charge in [0.25, 0.3) is 0 Å². The van der Waals surface area contributed by atoms with Gasteiger partial charge < -0.3 is 5.73 Å². The molecule has 1 aromatic carbocycles. The van der Waals surface area contributed by atoms with Gasteiger partial charge in [0.05, 0.1) is 5.69 Å². The van der Waals surface area contributed by atoms with Crippen LogP contribution in [0.1, 0.15) is 18.2 Å². The van der Waals surface area contributed by atoms with E-state index in [2.05, 4.69) is 29.3 Å². The van der Waals surface area contributed by atoms with E-state index in [-0.39, 0.29) is 6.04 Å². The van der Waals surface area contributed by atoms with Gasteiger partial charge in [-0.05, 0) is 19.4 Å². The van der Waals surface area contributed by atoms with Crippen molar-refractivity contribution in [1.29, 1.82) is 0 Å². The number of hydrogen-bond acceptors (Lipinski definition) is 2. The van der Waals surface area contributed by atoms with E-state index in [1.807, 2.05) is 25.1 Å². The summed E-state index contributed by atoms with van der Waals surface area (Å²) >= 11 is 0. The van der Waals surface area contributed by atoms with Gasteiger partial charge in [-0.3, -0.25) is 5.10 Å². The maximum Gasteiger partial charge on any atom is 0.0952 e. The van der Waals surface area contributed by atoms with Crippen LogP contribution >= 0.6 is 0 Å². The van der Waals surface area contributed by atoms with Crippen molar-refractivity contribution < 1.29 is 0 Å².